The van der Waals surface area contributed by atoms with Gasteiger partial charge in [-0.25, -0.2) is 4.79 Å². The van der Waals surface area contributed by atoms with Crippen molar-refractivity contribution < 1.29 is 19.1 Å². The summed E-state index contributed by atoms with van der Waals surface area (Å²) in [6.45, 7) is 6.63. The fraction of sp³-hybridized carbons (Fsp3) is 0.625. The van der Waals surface area contributed by atoms with E-state index < -0.39 is 11.9 Å². The van der Waals surface area contributed by atoms with Crippen LogP contribution in [0.5, 0.6) is 0 Å². The van der Waals surface area contributed by atoms with Crippen LogP contribution in [0.3, 0.4) is 0 Å². The van der Waals surface area contributed by atoms with Crippen LogP contribution in [0.25, 0.3) is 0 Å². The van der Waals surface area contributed by atoms with Crippen molar-refractivity contribution in [3.05, 3.63) is 23.3 Å². The molecule has 1 atom stereocenters. The van der Waals surface area contributed by atoms with Crippen molar-refractivity contribution in [2.24, 2.45) is 5.92 Å². The molecule has 0 saturated carbocycles. The van der Waals surface area contributed by atoms with E-state index in [1.54, 1.807) is 6.08 Å². The number of allylic oxidation sites excluding steroid dienone is 3. The third-order valence-electron chi connectivity index (χ3n) is 3.16. The molecular weight excluding hydrogens is 256 g/mol. The largest absolute Gasteiger partial charge is 0.465 e. The minimum absolute atomic E-state index is 0.324. The van der Waals surface area contributed by atoms with Crippen molar-refractivity contribution >= 4 is 11.9 Å². The molecule has 0 aromatic heterocycles. The van der Waals surface area contributed by atoms with Gasteiger partial charge in [-0.2, -0.15) is 0 Å². The zero-order chi connectivity index (χ0) is 15.0. The monoisotopic (exact) mass is 280 g/mol. The van der Waals surface area contributed by atoms with Gasteiger partial charge in [0.1, 0.15) is 0 Å². The molecule has 0 aromatic carbocycles. The Morgan fingerprint density at radius 3 is 2.45 bits per heavy atom. The fourth-order valence-corrected chi connectivity index (χ4v) is 2.00. The van der Waals surface area contributed by atoms with Crippen LogP contribution < -0.4 is 0 Å². The molecule has 0 N–H and O–H groups in total. The lowest BCUT2D eigenvalue weighted by molar-refractivity contribution is -0.150. The molecule has 112 valence electrons. The highest BCUT2D eigenvalue weighted by Gasteiger charge is 2.30. The van der Waals surface area contributed by atoms with Crippen LogP contribution in [0, 0.1) is 5.92 Å². The molecule has 0 aliphatic heterocycles. The lowest BCUT2D eigenvalue weighted by atomic mass is 9.94. The van der Waals surface area contributed by atoms with Crippen LogP contribution in [-0.4, -0.2) is 25.2 Å². The van der Waals surface area contributed by atoms with Crippen molar-refractivity contribution in [2.75, 3.05) is 13.2 Å². The summed E-state index contributed by atoms with van der Waals surface area (Å²) in [6, 6.07) is 0. The summed E-state index contributed by atoms with van der Waals surface area (Å²) in [6.07, 6.45) is 6.51. The molecule has 0 radical (unpaired) electrons. The Hall–Kier alpha value is -1.58. The van der Waals surface area contributed by atoms with Crippen molar-refractivity contribution in [3.63, 3.8) is 0 Å². The molecule has 4 heteroatoms. The first-order chi connectivity index (χ1) is 9.60. The highest BCUT2D eigenvalue weighted by atomic mass is 16.5. The van der Waals surface area contributed by atoms with E-state index in [2.05, 4.69) is 0 Å². The summed E-state index contributed by atoms with van der Waals surface area (Å²) in [5.41, 5.74) is 1.56. The number of carbonyl (C=O) groups excluding carboxylic acids is 2. The minimum atomic E-state index is -0.514. The molecule has 0 bridgehead atoms. The van der Waals surface area contributed by atoms with E-state index in [0.29, 0.717) is 25.2 Å². The molecule has 1 aliphatic carbocycles. The Bertz CT molecular complexity index is 407. The second-order valence-electron chi connectivity index (χ2n) is 5.03. The highest BCUT2D eigenvalue weighted by molar-refractivity contribution is 5.96. The van der Waals surface area contributed by atoms with Gasteiger partial charge in [0, 0.05) is 0 Å². The second kappa shape index (κ2) is 8.56. The quantitative estimate of drug-likeness (QED) is 0.701. The average Bonchev–Trinajstić information content (AvgIpc) is 2.64. The van der Waals surface area contributed by atoms with Gasteiger partial charge in [0.05, 0.1) is 24.7 Å². The molecule has 1 unspecified atom stereocenters. The Labute approximate surface area is 120 Å². The number of hydrogen-bond acceptors (Lipinski definition) is 4. The standard InChI is InChI=1S/C16H24O4/c1-4-10-19-15(17)13-8-6-12(3)7-9-14(13)16(18)20-11-5-2/h6,8,14H,4-5,7,9-11H2,1-3H3. The van der Waals surface area contributed by atoms with E-state index >= 15 is 0 Å². The van der Waals surface area contributed by atoms with Gasteiger partial charge >= 0.3 is 11.9 Å². The van der Waals surface area contributed by atoms with Gasteiger partial charge in [0.2, 0.25) is 0 Å². The Morgan fingerprint density at radius 2 is 1.80 bits per heavy atom. The normalized spacial score (nSPS) is 18.6. The topological polar surface area (TPSA) is 52.6 Å². The first kappa shape index (κ1) is 16.5. The maximum atomic E-state index is 12.1. The molecule has 1 rings (SSSR count). The van der Waals surface area contributed by atoms with Crippen LogP contribution in [-0.2, 0) is 19.1 Å². The molecule has 0 saturated heterocycles. The molecule has 0 heterocycles. The van der Waals surface area contributed by atoms with Gasteiger partial charge in [0.25, 0.3) is 0 Å². The minimum Gasteiger partial charge on any atom is -0.465 e. The maximum Gasteiger partial charge on any atom is 0.334 e. The van der Waals surface area contributed by atoms with E-state index in [0.717, 1.165) is 24.8 Å². The summed E-state index contributed by atoms with van der Waals surface area (Å²) in [5, 5.41) is 0. The number of rotatable bonds is 6. The smallest absolute Gasteiger partial charge is 0.334 e. The lowest BCUT2D eigenvalue weighted by Crippen LogP contribution is -2.25. The van der Waals surface area contributed by atoms with Crippen LogP contribution in [0.4, 0.5) is 0 Å². The highest BCUT2D eigenvalue weighted by Crippen LogP contribution is 2.26. The molecule has 20 heavy (non-hydrogen) atoms. The van der Waals surface area contributed by atoms with E-state index in [1.165, 1.54) is 0 Å². The Kier molecular flexibility index (Phi) is 7.05. The average molecular weight is 280 g/mol. The summed E-state index contributed by atoms with van der Waals surface area (Å²) < 4.78 is 10.4. The molecule has 1 aliphatic rings. The lowest BCUT2D eigenvalue weighted by Gasteiger charge is -2.17. The third-order valence-corrected chi connectivity index (χ3v) is 3.16. The maximum absolute atomic E-state index is 12.1. The molecule has 4 nitrogen and oxygen atoms in total. The number of hydrogen-bond donors (Lipinski definition) is 0. The molecule has 0 amide bonds. The first-order valence-electron chi connectivity index (χ1n) is 7.31. The predicted molar refractivity (Wildman–Crippen MR) is 77.1 cm³/mol. The van der Waals surface area contributed by atoms with Gasteiger partial charge in [-0.1, -0.05) is 31.6 Å². The van der Waals surface area contributed by atoms with Crippen molar-refractivity contribution in [2.45, 2.75) is 46.5 Å². The van der Waals surface area contributed by atoms with Crippen LogP contribution in [0.15, 0.2) is 23.3 Å². The van der Waals surface area contributed by atoms with Gasteiger partial charge in [0.15, 0.2) is 0 Å². The molecule has 0 spiro atoms. The van der Waals surface area contributed by atoms with Crippen molar-refractivity contribution in [3.8, 4) is 0 Å². The zero-order valence-corrected chi connectivity index (χ0v) is 12.6. The van der Waals surface area contributed by atoms with E-state index in [1.807, 2.05) is 26.8 Å². The van der Waals surface area contributed by atoms with E-state index in [-0.39, 0.29) is 5.97 Å². The zero-order valence-electron chi connectivity index (χ0n) is 12.6. The molecule has 0 aromatic rings. The fourth-order valence-electron chi connectivity index (χ4n) is 2.00. The summed E-state index contributed by atoms with van der Waals surface area (Å²) in [5.74, 6) is -1.24. The Balaban J connectivity index is 2.84. The van der Waals surface area contributed by atoms with Crippen molar-refractivity contribution in [1.29, 1.82) is 0 Å². The first-order valence-corrected chi connectivity index (χ1v) is 7.31. The van der Waals surface area contributed by atoms with Gasteiger partial charge in [-0.3, -0.25) is 4.79 Å². The molecule has 0 fully saturated rings. The van der Waals surface area contributed by atoms with Crippen LogP contribution in [0.2, 0.25) is 0 Å². The van der Waals surface area contributed by atoms with E-state index in [9.17, 15) is 9.59 Å². The Morgan fingerprint density at radius 1 is 1.15 bits per heavy atom. The summed E-state index contributed by atoms with van der Waals surface area (Å²) in [4.78, 5) is 24.2. The van der Waals surface area contributed by atoms with Crippen LogP contribution in [0.1, 0.15) is 46.5 Å². The van der Waals surface area contributed by atoms with Crippen LogP contribution >= 0.6 is 0 Å². The number of esters is 2. The third kappa shape index (κ3) is 4.83. The SMILES string of the molecule is CCCOC(=O)C1=CC=C(C)CCC1C(=O)OCCC. The number of carbonyl (C=O) groups is 2. The van der Waals surface area contributed by atoms with Gasteiger partial charge in [-0.05, 0) is 32.6 Å². The summed E-state index contributed by atoms with van der Waals surface area (Å²) >= 11 is 0. The summed E-state index contributed by atoms with van der Waals surface area (Å²) in [7, 11) is 0. The number of ether oxygens (including phenoxy) is 2. The predicted octanol–water partition coefficient (Wildman–Crippen LogP) is 3.18. The van der Waals surface area contributed by atoms with Gasteiger partial charge < -0.3 is 9.47 Å². The van der Waals surface area contributed by atoms with Crippen molar-refractivity contribution in [1.82, 2.24) is 0 Å². The van der Waals surface area contributed by atoms with Gasteiger partial charge in [-0.15, -0.1) is 0 Å². The molecular formula is C16H24O4. The second-order valence-corrected chi connectivity index (χ2v) is 5.03. The van der Waals surface area contributed by atoms with E-state index in [4.69, 9.17) is 9.47 Å².